The molecule has 0 saturated carbocycles. The van der Waals surface area contributed by atoms with E-state index < -0.39 is 0 Å². The molecule has 0 bridgehead atoms. The first-order valence-electron chi connectivity index (χ1n) is 6.67. The van der Waals surface area contributed by atoms with Crippen LogP contribution < -0.4 is 5.32 Å². The molecule has 2 aromatic carbocycles. The van der Waals surface area contributed by atoms with Crippen LogP contribution in [0.1, 0.15) is 5.56 Å². The summed E-state index contributed by atoms with van der Waals surface area (Å²) in [6.45, 7) is 0.700. The highest BCUT2D eigenvalue weighted by molar-refractivity contribution is 5.99. The molecule has 0 atom stereocenters. The molecular formula is C15H12N6. The summed E-state index contributed by atoms with van der Waals surface area (Å²) in [6.07, 6.45) is 0. The van der Waals surface area contributed by atoms with Crippen molar-refractivity contribution in [2.75, 3.05) is 5.32 Å². The number of nitrogens with zero attached hydrogens (tertiary/aromatic N) is 5. The maximum atomic E-state index is 4.45. The lowest BCUT2D eigenvalue weighted by molar-refractivity contribution is 0.737. The van der Waals surface area contributed by atoms with Crippen LogP contribution in [0.2, 0.25) is 0 Å². The number of nitrogens with one attached hydrogen (secondary N) is 1. The van der Waals surface area contributed by atoms with Gasteiger partial charge in [0.1, 0.15) is 0 Å². The van der Waals surface area contributed by atoms with Crippen molar-refractivity contribution in [3.05, 3.63) is 60.2 Å². The van der Waals surface area contributed by atoms with Gasteiger partial charge in [-0.15, -0.1) is 14.8 Å². The first-order valence-corrected chi connectivity index (χ1v) is 6.67. The fourth-order valence-electron chi connectivity index (χ4n) is 2.36. The van der Waals surface area contributed by atoms with E-state index in [2.05, 4.69) is 38.1 Å². The Morgan fingerprint density at radius 1 is 0.905 bits per heavy atom. The Labute approximate surface area is 120 Å². The Balaban J connectivity index is 1.79. The van der Waals surface area contributed by atoms with Crippen molar-refractivity contribution >= 4 is 22.2 Å². The maximum Gasteiger partial charge on any atom is 0.207 e. The summed E-state index contributed by atoms with van der Waals surface area (Å²) in [5.74, 6) is 0.772. The van der Waals surface area contributed by atoms with Gasteiger partial charge >= 0.3 is 0 Å². The topological polar surface area (TPSA) is 68.0 Å². The average Bonchev–Trinajstić information content (AvgIpc) is 3.02. The van der Waals surface area contributed by atoms with Gasteiger partial charge in [0.05, 0.1) is 0 Å². The molecule has 0 radical (unpaired) electrons. The summed E-state index contributed by atoms with van der Waals surface area (Å²) in [5, 5.41) is 21.4. The van der Waals surface area contributed by atoms with Gasteiger partial charge in [-0.1, -0.05) is 54.6 Å². The van der Waals surface area contributed by atoms with E-state index in [1.54, 1.807) is 0 Å². The molecule has 21 heavy (non-hydrogen) atoms. The Hall–Kier alpha value is -3.02. The summed E-state index contributed by atoms with van der Waals surface area (Å²) in [5.41, 5.74) is 1.86. The first-order chi connectivity index (χ1) is 10.4. The summed E-state index contributed by atoms with van der Waals surface area (Å²) in [6, 6.07) is 18.2. The molecule has 0 saturated heterocycles. The van der Waals surface area contributed by atoms with Crippen LogP contribution in [-0.2, 0) is 6.54 Å². The van der Waals surface area contributed by atoms with E-state index in [0.29, 0.717) is 12.2 Å². The second-order valence-electron chi connectivity index (χ2n) is 4.73. The minimum absolute atomic E-state index is 0.663. The van der Waals surface area contributed by atoms with E-state index in [0.717, 1.165) is 16.6 Å². The molecule has 4 rings (SSSR count). The van der Waals surface area contributed by atoms with E-state index in [4.69, 9.17) is 0 Å². The third-order valence-electron chi connectivity index (χ3n) is 3.37. The first kappa shape index (κ1) is 11.8. The van der Waals surface area contributed by atoms with Crippen LogP contribution in [0, 0.1) is 0 Å². The van der Waals surface area contributed by atoms with Crippen molar-refractivity contribution in [1.29, 1.82) is 0 Å². The summed E-state index contributed by atoms with van der Waals surface area (Å²) in [4.78, 5) is 0. The van der Waals surface area contributed by atoms with Crippen molar-refractivity contribution in [2.45, 2.75) is 6.54 Å². The van der Waals surface area contributed by atoms with Crippen LogP contribution >= 0.6 is 0 Å². The van der Waals surface area contributed by atoms with Crippen molar-refractivity contribution in [3.8, 4) is 0 Å². The van der Waals surface area contributed by atoms with Crippen LogP contribution in [0.15, 0.2) is 54.6 Å². The van der Waals surface area contributed by atoms with Crippen LogP contribution in [0.3, 0.4) is 0 Å². The lowest BCUT2D eigenvalue weighted by Crippen LogP contribution is -2.06. The fraction of sp³-hybridized carbons (Fsp3) is 0.0667. The molecule has 0 aliphatic rings. The second kappa shape index (κ2) is 4.82. The monoisotopic (exact) mass is 276 g/mol. The third kappa shape index (κ3) is 2.06. The molecule has 6 nitrogen and oxygen atoms in total. The Morgan fingerprint density at radius 2 is 1.67 bits per heavy atom. The van der Waals surface area contributed by atoms with Crippen molar-refractivity contribution in [2.24, 2.45) is 0 Å². The smallest absolute Gasteiger partial charge is 0.207 e. The third-order valence-corrected chi connectivity index (χ3v) is 3.37. The number of aromatic nitrogens is 5. The van der Waals surface area contributed by atoms with Gasteiger partial charge in [0.25, 0.3) is 0 Å². The van der Waals surface area contributed by atoms with Gasteiger partial charge < -0.3 is 5.32 Å². The quantitative estimate of drug-likeness (QED) is 0.621. The predicted octanol–water partition coefficient (Wildman–Crippen LogP) is 2.28. The standard InChI is InChI=1S/C15H12N6/c1-2-6-11(7-3-1)10-16-14-12-8-4-5-9-13(12)15-17-19-20-21(15)18-14/h1-9H,10H2,(H,16,18). The molecule has 0 amide bonds. The van der Waals surface area contributed by atoms with Gasteiger partial charge in [0.15, 0.2) is 5.82 Å². The van der Waals surface area contributed by atoms with Gasteiger partial charge in [-0.2, -0.15) is 0 Å². The highest BCUT2D eigenvalue weighted by Gasteiger charge is 2.10. The van der Waals surface area contributed by atoms with Crippen molar-refractivity contribution in [1.82, 2.24) is 25.3 Å². The van der Waals surface area contributed by atoms with Crippen LogP contribution in [0.5, 0.6) is 0 Å². The van der Waals surface area contributed by atoms with Gasteiger partial charge in [0.2, 0.25) is 5.65 Å². The van der Waals surface area contributed by atoms with Gasteiger partial charge in [-0.25, -0.2) is 0 Å². The number of hydrogen-bond donors (Lipinski definition) is 1. The average molecular weight is 276 g/mol. The molecule has 0 spiro atoms. The number of anilines is 1. The van der Waals surface area contributed by atoms with Gasteiger partial charge in [0, 0.05) is 17.3 Å². The highest BCUT2D eigenvalue weighted by Crippen LogP contribution is 2.23. The molecular weight excluding hydrogens is 264 g/mol. The molecule has 4 aromatic rings. The molecule has 0 fully saturated rings. The molecule has 0 aliphatic heterocycles. The Morgan fingerprint density at radius 3 is 2.52 bits per heavy atom. The zero-order valence-electron chi connectivity index (χ0n) is 11.1. The normalized spacial score (nSPS) is 11.0. The number of benzene rings is 2. The predicted molar refractivity (Wildman–Crippen MR) is 79.9 cm³/mol. The summed E-state index contributed by atoms with van der Waals surface area (Å²) in [7, 11) is 0. The van der Waals surface area contributed by atoms with E-state index in [1.165, 1.54) is 10.2 Å². The van der Waals surface area contributed by atoms with Crippen molar-refractivity contribution < 1.29 is 0 Å². The van der Waals surface area contributed by atoms with E-state index in [1.807, 2.05) is 42.5 Å². The Bertz CT molecular complexity index is 900. The number of hydrogen-bond acceptors (Lipinski definition) is 5. The lowest BCUT2D eigenvalue weighted by atomic mass is 10.1. The van der Waals surface area contributed by atoms with E-state index in [9.17, 15) is 0 Å². The minimum Gasteiger partial charge on any atom is -0.364 e. The zero-order valence-corrected chi connectivity index (χ0v) is 11.1. The fourth-order valence-corrected chi connectivity index (χ4v) is 2.36. The SMILES string of the molecule is c1ccc(CNc2nn3nnnc3c3ccccc23)cc1. The minimum atomic E-state index is 0.663. The number of tetrazole rings is 1. The summed E-state index contributed by atoms with van der Waals surface area (Å²) < 4.78 is 1.45. The molecule has 2 aromatic heterocycles. The molecule has 0 aliphatic carbocycles. The Kier molecular flexibility index (Phi) is 2.71. The molecule has 2 heterocycles. The molecule has 0 unspecified atom stereocenters. The number of fused-ring (bicyclic) bond motifs is 3. The van der Waals surface area contributed by atoms with E-state index >= 15 is 0 Å². The molecule has 1 N–H and O–H groups in total. The summed E-state index contributed by atoms with van der Waals surface area (Å²) >= 11 is 0. The van der Waals surface area contributed by atoms with Gasteiger partial charge in [-0.3, -0.25) is 0 Å². The van der Waals surface area contributed by atoms with Crippen LogP contribution in [0.25, 0.3) is 16.4 Å². The van der Waals surface area contributed by atoms with Crippen LogP contribution in [-0.4, -0.2) is 25.3 Å². The van der Waals surface area contributed by atoms with Crippen LogP contribution in [0.4, 0.5) is 5.82 Å². The largest absolute Gasteiger partial charge is 0.364 e. The zero-order chi connectivity index (χ0) is 14.1. The lowest BCUT2D eigenvalue weighted by Gasteiger charge is -2.09. The highest BCUT2D eigenvalue weighted by atomic mass is 15.6. The van der Waals surface area contributed by atoms with Gasteiger partial charge in [-0.05, 0) is 16.0 Å². The number of rotatable bonds is 3. The van der Waals surface area contributed by atoms with E-state index in [-0.39, 0.29) is 0 Å². The maximum absolute atomic E-state index is 4.45. The van der Waals surface area contributed by atoms with Crippen molar-refractivity contribution in [3.63, 3.8) is 0 Å². The molecule has 102 valence electrons. The second-order valence-corrected chi connectivity index (χ2v) is 4.73. The molecule has 6 heteroatoms.